The lowest BCUT2D eigenvalue weighted by atomic mass is 10.1. The Hall–Kier alpha value is -3.26. The zero-order chi connectivity index (χ0) is 19.2. The third-order valence-corrected chi connectivity index (χ3v) is 4.40. The normalized spacial score (nSPS) is 11.4. The molecular weight excluding hydrogens is 338 g/mol. The van der Waals surface area contributed by atoms with E-state index in [-0.39, 0.29) is 0 Å². The summed E-state index contributed by atoms with van der Waals surface area (Å²) >= 11 is 0. The van der Waals surface area contributed by atoms with Crippen molar-refractivity contribution in [1.82, 2.24) is 9.55 Å². The lowest BCUT2D eigenvalue weighted by Crippen LogP contribution is -1.99. The number of imidazole rings is 1. The van der Waals surface area contributed by atoms with Gasteiger partial charge in [-0.15, -0.1) is 0 Å². The highest BCUT2D eigenvalue weighted by atomic mass is 16.5. The molecular formula is C22H23N3O2. The second-order valence-electron chi connectivity index (χ2n) is 6.27. The van der Waals surface area contributed by atoms with Crippen LogP contribution in [0.15, 0.2) is 42.5 Å². The Morgan fingerprint density at radius 2 is 2.04 bits per heavy atom. The molecule has 3 aromatic rings. The van der Waals surface area contributed by atoms with Gasteiger partial charge in [-0.25, -0.2) is 4.98 Å². The van der Waals surface area contributed by atoms with E-state index in [0.717, 1.165) is 29.4 Å². The third-order valence-electron chi connectivity index (χ3n) is 4.40. The third kappa shape index (κ3) is 3.95. The molecule has 0 aliphatic rings. The molecule has 0 fully saturated rings. The number of hydrogen-bond donors (Lipinski definition) is 0. The molecule has 0 saturated carbocycles. The van der Waals surface area contributed by atoms with Gasteiger partial charge in [-0.2, -0.15) is 5.26 Å². The van der Waals surface area contributed by atoms with Crippen LogP contribution in [0.2, 0.25) is 0 Å². The van der Waals surface area contributed by atoms with Gasteiger partial charge in [-0.1, -0.05) is 31.5 Å². The molecule has 0 aliphatic heterocycles. The second-order valence-corrected chi connectivity index (χ2v) is 6.27. The minimum Gasteiger partial charge on any atom is -0.493 e. The zero-order valence-electron chi connectivity index (χ0n) is 15.9. The summed E-state index contributed by atoms with van der Waals surface area (Å²) in [5.41, 5.74) is 3.23. The highest BCUT2D eigenvalue weighted by Gasteiger charge is 2.12. The molecule has 138 valence electrons. The number of nitriles is 1. The maximum atomic E-state index is 9.71. The summed E-state index contributed by atoms with van der Waals surface area (Å²) in [6.07, 6.45) is 3.87. The van der Waals surface area contributed by atoms with Gasteiger partial charge in [-0.3, -0.25) is 0 Å². The molecule has 0 atom stereocenters. The molecule has 5 nitrogen and oxygen atoms in total. The number of methoxy groups -OCH3 is 1. The second kappa shape index (κ2) is 8.41. The van der Waals surface area contributed by atoms with Gasteiger partial charge in [0.2, 0.25) is 0 Å². The molecule has 0 spiro atoms. The topological polar surface area (TPSA) is 60.1 Å². The van der Waals surface area contributed by atoms with Crippen molar-refractivity contribution in [2.45, 2.75) is 19.8 Å². The first-order valence-electron chi connectivity index (χ1n) is 9.02. The number of aromatic nitrogens is 2. The van der Waals surface area contributed by atoms with E-state index in [0.29, 0.717) is 29.5 Å². The number of fused-ring (bicyclic) bond motifs is 1. The summed E-state index contributed by atoms with van der Waals surface area (Å²) in [4.78, 5) is 4.61. The molecule has 0 aliphatic carbocycles. The molecule has 1 aromatic heterocycles. The monoisotopic (exact) mass is 361 g/mol. The first kappa shape index (κ1) is 18.5. The highest BCUT2D eigenvalue weighted by molar-refractivity contribution is 5.91. The summed E-state index contributed by atoms with van der Waals surface area (Å²) in [6.45, 7) is 2.76. The lowest BCUT2D eigenvalue weighted by Gasteiger charge is -2.11. The number of hydrogen-bond acceptors (Lipinski definition) is 4. The first-order chi connectivity index (χ1) is 13.2. The molecule has 0 saturated heterocycles. The summed E-state index contributed by atoms with van der Waals surface area (Å²) in [6, 6.07) is 15.8. The van der Waals surface area contributed by atoms with E-state index in [4.69, 9.17) is 9.47 Å². The van der Waals surface area contributed by atoms with Gasteiger partial charge in [0, 0.05) is 7.05 Å². The number of aryl methyl sites for hydroxylation is 1. The van der Waals surface area contributed by atoms with Crippen molar-refractivity contribution in [2.24, 2.45) is 7.05 Å². The van der Waals surface area contributed by atoms with Crippen molar-refractivity contribution in [3.05, 3.63) is 53.9 Å². The molecule has 0 N–H and O–H groups in total. The Morgan fingerprint density at radius 1 is 1.22 bits per heavy atom. The number of benzene rings is 2. The molecule has 0 amide bonds. The number of ether oxygens (including phenoxy) is 2. The van der Waals surface area contributed by atoms with Crippen molar-refractivity contribution in [2.75, 3.05) is 13.7 Å². The predicted octanol–water partition coefficient (Wildman–Crippen LogP) is 4.82. The van der Waals surface area contributed by atoms with E-state index in [9.17, 15) is 5.26 Å². The standard InChI is InChI=1S/C22H23N3O2/c1-4-5-12-27-21-14-16(10-11-20(21)26-3)13-17(15-23)22-24-18-8-6-7-9-19(18)25(22)2/h6-11,13-14H,4-5,12H2,1-3H3/b17-13+. The van der Waals surface area contributed by atoms with Crippen LogP contribution in [0, 0.1) is 11.3 Å². The Bertz CT molecular complexity index is 1010. The van der Waals surface area contributed by atoms with E-state index in [1.54, 1.807) is 7.11 Å². The quantitative estimate of drug-likeness (QED) is 0.447. The van der Waals surface area contributed by atoms with Crippen molar-refractivity contribution >= 4 is 22.7 Å². The molecule has 27 heavy (non-hydrogen) atoms. The average Bonchev–Trinajstić information content (AvgIpc) is 3.03. The predicted molar refractivity (Wildman–Crippen MR) is 108 cm³/mol. The fourth-order valence-corrected chi connectivity index (χ4v) is 2.92. The van der Waals surface area contributed by atoms with Gasteiger partial charge in [0.1, 0.15) is 6.07 Å². The maximum Gasteiger partial charge on any atom is 0.161 e. The Balaban J connectivity index is 1.98. The molecule has 0 bridgehead atoms. The van der Waals surface area contributed by atoms with Gasteiger partial charge in [0.05, 0.1) is 30.3 Å². The van der Waals surface area contributed by atoms with Gasteiger partial charge in [-0.05, 0) is 42.3 Å². The van der Waals surface area contributed by atoms with Crippen LogP contribution in [-0.2, 0) is 7.05 Å². The van der Waals surface area contributed by atoms with Crippen LogP contribution in [0.5, 0.6) is 11.5 Å². The minimum absolute atomic E-state index is 0.498. The van der Waals surface area contributed by atoms with Crippen LogP contribution >= 0.6 is 0 Å². The molecule has 2 aromatic carbocycles. The fraction of sp³-hybridized carbons (Fsp3) is 0.273. The van der Waals surface area contributed by atoms with Crippen LogP contribution in [0.25, 0.3) is 22.7 Å². The summed E-state index contributed by atoms with van der Waals surface area (Å²) in [5, 5.41) is 9.71. The Morgan fingerprint density at radius 3 is 2.74 bits per heavy atom. The largest absolute Gasteiger partial charge is 0.493 e. The number of para-hydroxylation sites is 2. The van der Waals surface area contributed by atoms with Crippen molar-refractivity contribution in [3.63, 3.8) is 0 Å². The van der Waals surface area contributed by atoms with Crippen LogP contribution in [0.4, 0.5) is 0 Å². The van der Waals surface area contributed by atoms with Crippen molar-refractivity contribution in [1.29, 1.82) is 5.26 Å². The van der Waals surface area contributed by atoms with E-state index < -0.39 is 0 Å². The SMILES string of the molecule is CCCCOc1cc(/C=C(\C#N)c2nc3ccccc3n2C)ccc1OC. The van der Waals surface area contributed by atoms with Gasteiger partial charge in [0.25, 0.3) is 0 Å². The number of allylic oxidation sites excluding steroid dienone is 1. The first-order valence-corrected chi connectivity index (χ1v) is 9.02. The number of rotatable bonds is 7. The Kier molecular flexibility index (Phi) is 5.77. The fourth-order valence-electron chi connectivity index (χ4n) is 2.92. The average molecular weight is 361 g/mol. The molecule has 1 heterocycles. The smallest absolute Gasteiger partial charge is 0.161 e. The van der Waals surface area contributed by atoms with Gasteiger partial charge in [0.15, 0.2) is 17.3 Å². The highest BCUT2D eigenvalue weighted by Crippen LogP contribution is 2.30. The van der Waals surface area contributed by atoms with Crippen LogP contribution in [0.1, 0.15) is 31.2 Å². The van der Waals surface area contributed by atoms with Crippen LogP contribution in [-0.4, -0.2) is 23.3 Å². The van der Waals surface area contributed by atoms with Crippen molar-refractivity contribution < 1.29 is 9.47 Å². The lowest BCUT2D eigenvalue weighted by molar-refractivity contribution is 0.288. The van der Waals surface area contributed by atoms with E-state index in [1.807, 2.05) is 60.2 Å². The van der Waals surface area contributed by atoms with Crippen molar-refractivity contribution in [3.8, 4) is 17.6 Å². The summed E-state index contributed by atoms with van der Waals surface area (Å²) in [5.74, 6) is 2.01. The minimum atomic E-state index is 0.498. The van der Waals surface area contributed by atoms with E-state index in [2.05, 4.69) is 18.0 Å². The molecule has 0 unspecified atom stereocenters. The molecule has 5 heteroatoms. The van der Waals surface area contributed by atoms with Gasteiger partial charge < -0.3 is 14.0 Å². The maximum absolute atomic E-state index is 9.71. The Labute approximate surface area is 159 Å². The van der Waals surface area contributed by atoms with E-state index in [1.165, 1.54) is 0 Å². The van der Waals surface area contributed by atoms with Gasteiger partial charge >= 0.3 is 0 Å². The number of unbranched alkanes of at least 4 members (excludes halogenated alkanes) is 1. The zero-order valence-corrected chi connectivity index (χ0v) is 15.9. The summed E-state index contributed by atoms with van der Waals surface area (Å²) in [7, 11) is 3.54. The number of nitrogens with zero attached hydrogens (tertiary/aromatic N) is 3. The van der Waals surface area contributed by atoms with Crippen LogP contribution < -0.4 is 9.47 Å². The van der Waals surface area contributed by atoms with E-state index >= 15 is 0 Å². The summed E-state index contributed by atoms with van der Waals surface area (Å²) < 4.78 is 13.2. The molecule has 0 radical (unpaired) electrons. The molecule has 3 rings (SSSR count). The van der Waals surface area contributed by atoms with Crippen LogP contribution in [0.3, 0.4) is 0 Å².